The van der Waals surface area contributed by atoms with Gasteiger partial charge in [-0.15, -0.1) is 11.3 Å². The lowest BCUT2D eigenvalue weighted by atomic mass is 10.1. The largest absolute Gasteiger partial charge is 0.454 e. The molecule has 2 heterocycles. The number of pyridine rings is 1. The number of hydrogen-bond acceptors (Lipinski definition) is 5. The molecule has 0 N–H and O–H groups in total. The molecule has 0 aliphatic rings. The summed E-state index contributed by atoms with van der Waals surface area (Å²) >= 11 is 1.49. The van der Waals surface area contributed by atoms with Gasteiger partial charge in [0.15, 0.2) is 24.0 Å². The minimum atomic E-state index is -1.14. The van der Waals surface area contributed by atoms with Crippen LogP contribution in [0, 0.1) is 11.6 Å². The van der Waals surface area contributed by atoms with Crippen molar-refractivity contribution in [1.29, 1.82) is 0 Å². The molecule has 0 fully saturated rings. The number of nitrogens with zero attached hydrogens (tertiary/aromatic N) is 1. The summed E-state index contributed by atoms with van der Waals surface area (Å²) in [7, 11) is 0. The van der Waals surface area contributed by atoms with Crippen molar-refractivity contribution in [2.45, 2.75) is 0 Å². The lowest BCUT2D eigenvalue weighted by molar-refractivity contribution is 0.0476. The Kier molecular flexibility index (Phi) is 5.14. The van der Waals surface area contributed by atoms with Gasteiger partial charge in [0.1, 0.15) is 0 Å². The van der Waals surface area contributed by atoms with Crippen molar-refractivity contribution in [3.63, 3.8) is 0 Å². The molecule has 4 rings (SSSR count). The van der Waals surface area contributed by atoms with E-state index in [0.29, 0.717) is 16.6 Å². The molecular formula is C22H13F2NO3S. The average Bonchev–Trinajstić information content (AvgIpc) is 3.28. The summed E-state index contributed by atoms with van der Waals surface area (Å²) in [5.41, 5.74) is 1.45. The van der Waals surface area contributed by atoms with Crippen LogP contribution in [0.15, 0.2) is 66.0 Å². The molecule has 0 atom stereocenters. The van der Waals surface area contributed by atoms with Gasteiger partial charge in [-0.3, -0.25) is 4.79 Å². The molecule has 2 aromatic heterocycles. The lowest BCUT2D eigenvalue weighted by Gasteiger charge is -2.09. The highest BCUT2D eigenvalue weighted by Gasteiger charge is 2.18. The van der Waals surface area contributed by atoms with E-state index < -0.39 is 30.0 Å². The predicted octanol–water partition coefficient (Wildman–Crippen LogP) is 5.28. The van der Waals surface area contributed by atoms with Crippen LogP contribution < -0.4 is 0 Å². The van der Waals surface area contributed by atoms with Gasteiger partial charge in [0.2, 0.25) is 0 Å². The van der Waals surface area contributed by atoms with E-state index in [1.165, 1.54) is 11.3 Å². The molecule has 0 amide bonds. The van der Waals surface area contributed by atoms with Crippen LogP contribution in [0.3, 0.4) is 0 Å². The SMILES string of the molecule is O=C(COC(=O)c1cc(-c2cccs2)nc2ccccc12)c1ccc(F)c(F)c1. The minimum Gasteiger partial charge on any atom is -0.454 e. The lowest BCUT2D eigenvalue weighted by Crippen LogP contribution is -2.15. The summed E-state index contributed by atoms with van der Waals surface area (Å²) in [5.74, 6) is -3.52. The number of Topliss-reactive ketones (excluding diaryl/α,β-unsaturated/α-hetero) is 1. The molecule has 0 saturated heterocycles. The molecule has 7 heteroatoms. The number of carbonyl (C=O) groups excluding carboxylic acids is 2. The van der Waals surface area contributed by atoms with E-state index in [1.807, 2.05) is 23.6 Å². The summed E-state index contributed by atoms with van der Waals surface area (Å²) in [5, 5.41) is 2.50. The topological polar surface area (TPSA) is 56.3 Å². The van der Waals surface area contributed by atoms with Crippen LogP contribution in [0.2, 0.25) is 0 Å². The van der Waals surface area contributed by atoms with Gasteiger partial charge in [0.05, 0.1) is 21.7 Å². The Morgan fingerprint density at radius 1 is 0.966 bits per heavy atom. The first-order valence-corrected chi connectivity index (χ1v) is 9.50. The van der Waals surface area contributed by atoms with Crippen LogP contribution in [-0.4, -0.2) is 23.3 Å². The summed E-state index contributed by atoms with van der Waals surface area (Å²) in [6.45, 7) is -0.588. The van der Waals surface area contributed by atoms with Crippen LogP contribution in [0.4, 0.5) is 8.78 Å². The number of ketones is 1. The zero-order valence-electron chi connectivity index (χ0n) is 14.9. The molecule has 0 aliphatic heterocycles. The van der Waals surface area contributed by atoms with Crippen LogP contribution >= 0.6 is 11.3 Å². The van der Waals surface area contributed by atoms with Crippen LogP contribution in [0.1, 0.15) is 20.7 Å². The summed E-state index contributed by atoms with van der Waals surface area (Å²) < 4.78 is 31.5. The molecule has 0 unspecified atom stereocenters. The van der Waals surface area contributed by atoms with E-state index in [1.54, 1.807) is 24.3 Å². The first-order chi connectivity index (χ1) is 14.0. The number of fused-ring (bicyclic) bond motifs is 1. The molecule has 0 bridgehead atoms. The predicted molar refractivity (Wildman–Crippen MR) is 106 cm³/mol. The van der Waals surface area contributed by atoms with Gasteiger partial charge in [-0.1, -0.05) is 24.3 Å². The smallest absolute Gasteiger partial charge is 0.339 e. The molecular weight excluding hydrogens is 396 g/mol. The van der Waals surface area contributed by atoms with E-state index in [-0.39, 0.29) is 11.1 Å². The molecule has 29 heavy (non-hydrogen) atoms. The second-order valence-corrected chi connectivity index (χ2v) is 7.13. The number of thiophene rings is 1. The van der Waals surface area contributed by atoms with E-state index in [9.17, 15) is 18.4 Å². The Balaban J connectivity index is 1.61. The summed E-state index contributed by atoms with van der Waals surface area (Å²) in [4.78, 5) is 30.4. The normalized spacial score (nSPS) is 10.8. The summed E-state index contributed by atoms with van der Waals surface area (Å²) in [6, 6.07) is 15.3. The maximum absolute atomic E-state index is 13.3. The molecule has 0 saturated carbocycles. The Morgan fingerprint density at radius 3 is 2.55 bits per heavy atom. The van der Waals surface area contributed by atoms with Gasteiger partial charge < -0.3 is 4.74 Å². The quantitative estimate of drug-likeness (QED) is 0.332. The first kappa shape index (κ1) is 18.9. The van der Waals surface area contributed by atoms with Crippen LogP contribution in [0.5, 0.6) is 0 Å². The highest BCUT2D eigenvalue weighted by molar-refractivity contribution is 7.13. The summed E-state index contributed by atoms with van der Waals surface area (Å²) in [6.07, 6.45) is 0. The Bertz CT molecular complexity index is 1220. The molecule has 2 aromatic carbocycles. The van der Waals surface area contributed by atoms with Crippen LogP contribution in [-0.2, 0) is 4.74 Å². The average molecular weight is 409 g/mol. The number of rotatable bonds is 5. The number of aromatic nitrogens is 1. The number of benzene rings is 2. The Hall–Kier alpha value is -3.45. The number of carbonyl (C=O) groups is 2. The number of hydrogen-bond donors (Lipinski definition) is 0. The zero-order chi connectivity index (χ0) is 20.4. The van der Waals surface area contributed by atoms with Gasteiger partial charge in [0, 0.05) is 10.9 Å². The maximum atomic E-state index is 13.3. The third kappa shape index (κ3) is 3.90. The highest BCUT2D eigenvalue weighted by atomic mass is 32.1. The van der Waals surface area contributed by atoms with Gasteiger partial charge in [-0.05, 0) is 41.8 Å². The monoisotopic (exact) mass is 409 g/mol. The molecule has 0 aliphatic carbocycles. The third-order valence-electron chi connectivity index (χ3n) is 4.29. The standard InChI is InChI=1S/C22H13F2NO3S/c23-16-8-7-13(10-17(16)24)20(26)12-28-22(27)15-11-19(21-6-3-9-29-21)25-18-5-2-1-4-14(15)18/h1-11H,12H2. The Labute approximate surface area is 168 Å². The second-order valence-electron chi connectivity index (χ2n) is 6.18. The fourth-order valence-corrected chi connectivity index (χ4v) is 3.54. The van der Waals surface area contributed by atoms with Crippen molar-refractivity contribution in [2.75, 3.05) is 6.61 Å². The number of ether oxygens (including phenoxy) is 1. The van der Waals surface area contributed by atoms with E-state index in [4.69, 9.17) is 4.74 Å². The molecule has 144 valence electrons. The van der Waals surface area contributed by atoms with Crippen molar-refractivity contribution >= 4 is 34.0 Å². The number of halogens is 2. The van der Waals surface area contributed by atoms with Crippen molar-refractivity contribution < 1.29 is 23.1 Å². The van der Waals surface area contributed by atoms with Gasteiger partial charge in [-0.2, -0.15) is 0 Å². The van der Waals surface area contributed by atoms with Crippen molar-refractivity contribution in [3.8, 4) is 10.6 Å². The third-order valence-corrected chi connectivity index (χ3v) is 5.18. The number of para-hydroxylation sites is 1. The van der Waals surface area contributed by atoms with Crippen LogP contribution in [0.25, 0.3) is 21.5 Å². The Morgan fingerprint density at radius 2 is 1.79 bits per heavy atom. The first-order valence-electron chi connectivity index (χ1n) is 8.62. The maximum Gasteiger partial charge on any atom is 0.339 e. The van der Waals surface area contributed by atoms with Crippen molar-refractivity contribution in [3.05, 3.63) is 88.8 Å². The van der Waals surface area contributed by atoms with Gasteiger partial charge in [0.25, 0.3) is 0 Å². The molecule has 4 aromatic rings. The molecule has 0 radical (unpaired) electrons. The fraction of sp³-hybridized carbons (Fsp3) is 0.0455. The zero-order valence-corrected chi connectivity index (χ0v) is 15.7. The molecule has 0 spiro atoms. The second kappa shape index (κ2) is 7.89. The fourth-order valence-electron chi connectivity index (χ4n) is 2.86. The van der Waals surface area contributed by atoms with Crippen molar-refractivity contribution in [2.24, 2.45) is 0 Å². The van der Waals surface area contributed by atoms with E-state index in [0.717, 1.165) is 23.1 Å². The number of esters is 1. The molecule has 4 nitrogen and oxygen atoms in total. The highest BCUT2D eigenvalue weighted by Crippen LogP contribution is 2.28. The minimum absolute atomic E-state index is 0.0736. The van der Waals surface area contributed by atoms with Gasteiger partial charge >= 0.3 is 5.97 Å². The van der Waals surface area contributed by atoms with Crippen molar-refractivity contribution in [1.82, 2.24) is 4.98 Å². The van der Waals surface area contributed by atoms with E-state index in [2.05, 4.69) is 4.98 Å². The van der Waals surface area contributed by atoms with E-state index >= 15 is 0 Å². The van der Waals surface area contributed by atoms with Gasteiger partial charge in [-0.25, -0.2) is 18.6 Å².